The average molecular weight is 388 g/mol. The van der Waals surface area contributed by atoms with Crippen molar-refractivity contribution in [2.75, 3.05) is 19.7 Å². The van der Waals surface area contributed by atoms with Crippen LogP contribution in [-0.2, 0) is 15.1 Å². The number of ether oxygens (including phenoxy) is 1. The van der Waals surface area contributed by atoms with Crippen molar-refractivity contribution in [3.05, 3.63) is 58.3 Å². The van der Waals surface area contributed by atoms with E-state index in [1.54, 1.807) is 23.6 Å². The molecule has 0 saturated carbocycles. The number of esters is 1. The maximum absolute atomic E-state index is 13.0. The minimum Gasteiger partial charge on any atom is -0.463 e. The van der Waals surface area contributed by atoms with E-state index in [0.29, 0.717) is 23.7 Å². The summed E-state index contributed by atoms with van der Waals surface area (Å²) >= 11 is 1.45. The second-order valence-corrected chi connectivity index (χ2v) is 9.07. The van der Waals surface area contributed by atoms with Gasteiger partial charge >= 0.3 is 5.97 Å². The predicted octanol–water partition coefficient (Wildman–Crippen LogP) is 4.04. The first kappa shape index (κ1) is 20.1. The lowest BCUT2D eigenvalue weighted by Gasteiger charge is -2.40. The second kappa shape index (κ2) is 8.13. The third-order valence-electron chi connectivity index (χ3n) is 5.44. The molecule has 1 N–H and O–H groups in total. The molecule has 1 aliphatic heterocycles. The molecule has 1 aromatic carbocycles. The fraction of sp³-hybridized carbons (Fsp3) is 0.500. The Hall–Kier alpha value is -1.69. The van der Waals surface area contributed by atoms with Crippen molar-refractivity contribution in [2.24, 2.45) is 5.92 Å². The van der Waals surface area contributed by atoms with Gasteiger partial charge in [-0.05, 0) is 75.0 Å². The van der Waals surface area contributed by atoms with Crippen LogP contribution in [0.4, 0.5) is 0 Å². The van der Waals surface area contributed by atoms with E-state index < -0.39 is 11.6 Å². The molecule has 3 rings (SSSR count). The molecule has 146 valence electrons. The lowest BCUT2D eigenvalue weighted by Crippen LogP contribution is -2.47. The van der Waals surface area contributed by atoms with Gasteiger partial charge in [-0.1, -0.05) is 30.3 Å². The summed E-state index contributed by atoms with van der Waals surface area (Å²) in [6, 6.07) is 10.8. The SMILES string of the molecule is CC(C)(C)N1CCC(COC(=O)C(O)(c2ccccc2)c2ccsc2)CC1. The molecule has 5 heteroatoms. The maximum Gasteiger partial charge on any atom is 0.347 e. The van der Waals surface area contributed by atoms with Crippen LogP contribution in [0.5, 0.6) is 0 Å². The minimum absolute atomic E-state index is 0.175. The highest BCUT2D eigenvalue weighted by molar-refractivity contribution is 7.08. The predicted molar refractivity (Wildman–Crippen MR) is 109 cm³/mol. The van der Waals surface area contributed by atoms with Crippen LogP contribution >= 0.6 is 11.3 Å². The standard InChI is InChI=1S/C22H29NO3S/c1-21(2,3)23-12-9-17(10-13-23)15-26-20(24)22(25,19-11-14-27-16-19)18-7-5-4-6-8-18/h4-8,11,14,16-17,25H,9-10,12-13,15H2,1-3H3. The highest BCUT2D eigenvalue weighted by atomic mass is 32.1. The zero-order valence-corrected chi connectivity index (χ0v) is 17.2. The Kier molecular flexibility index (Phi) is 6.04. The summed E-state index contributed by atoms with van der Waals surface area (Å²) in [5.41, 5.74) is -0.483. The summed E-state index contributed by atoms with van der Waals surface area (Å²) in [7, 11) is 0. The van der Waals surface area contributed by atoms with E-state index in [2.05, 4.69) is 25.7 Å². The molecular formula is C22H29NO3S. The first-order chi connectivity index (χ1) is 12.8. The average Bonchev–Trinajstić information content (AvgIpc) is 3.21. The number of thiophene rings is 1. The van der Waals surface area contributed by atoms with Crippen LogP contribution in [0.3, 0.4) is 0 Å². The number of carbonyl (C=O) groups excluding carboxylic acids is 1. The molecule has 1 aromatic heterocycles. The minimum atomic E-state index is -1.76. The number of aliphatic hydroxyl groups is 1. The van der Waals surface area contributed by atoms with Crippen molar-refractivity contribution < 1.29 is 14.6 Å². The maximum atomic E-state index is 13.0. The van der Waals surface area contributed by atoms with E-state index in [1.807, 2.05) is 23.6 Å². The van der Waals surface area contributed by atoms with Gasteiger partial charge in [-0.3, -0.25) is 4.90 Å². The molecule has 0 aliphatic carbocycles. The highest BCUT2D eigenvalue weighted by Crippen LogP contribution is 2.33. The van der Waals surface area contributed by atoms with E-state index in [9.17, 15) is 9.90 Å². The Morgan fingerprint density at radius 1 is 1.15 bits per heavy atom. The molecule has 2 aromatic rings. The van der Waals surface area contributed by atoms with Crippen molar-refractivity contribution in [2.45, 2.75) is 44.8 Å². The van der Waals surface area contributed by atoms with Gasteiger partial charge in [0.05, 0.1) is 6.61 Å². The fourth-order valence-corrected chi connectivity index (χ4v) is 4.32. The van der Waals surface area contributed by atoms with Crippen molar-refractivity contribution >= 4 is 17.3 Å². The van der Waals surface area contributed by atoms with Crippen molar-refractivity contribution in [3.63, 3.8) is 0 Å². The van der Waals surface area contributed by atoms with Crippen molar-refractivity contribution in [1.29, 1.82) is 0 Å². The van der Waals surface area contributed by atoms with Crippen LogP contribution in [0.1, 0.15) is 44.7 Å². The van der Waals surface area contributed by atoms with Crippen LogP contribution in [0.25, 0.3) is 0 Å². The van der Waals surface area contributed by atoms with Crippen LogP contribution in [-0.4, -0.2) is 41.2 Å². The number of nitrogens with zero attached hydrogens (tertiary/aromatic N) is 1. The number of benzene rings is 1. The molecule has 1 saturated heterocycles. The van der Waals surface area contributed by atoms with Crippen LogP contribution in [0.2, 0.25) is 0 Å². The molecular weight excluding hydrogens is 358 g/mol. The van der Waals surface area contributed by atoms with Gasteiger partial charge < -0.3 is 9.84 Å². The Morgan fingerprint density at radius 3 is 2.37 bits per heavy atom. The lowest BCUT2D eigenvalue weighted by molar-refractivity contribution is -0.164. The molecule has 0 radical (unpaired) electrons. The molecule has 1 unspecified atom stereocenters. The van der Waals surface area contributed by atoms with Gasteiger partial charge in [0.25, 0.3) is 0 Å². The molecule has 0 bridgehead atoms. The van der Waals surface area contributed by atoms with Gasteiger partial charge in [0, 0.05) is 11.1 Å². The van der Waals surface area contributed by atoms with Crippen molar-refractivity contribution in [1.82, 2.24) is 4.90 Å². The van der Waals surface area contributed by atoms with Gasteiger partial charge in [0.2, 0.25) is 5.60 Å². The highest BCUT2D eigenvalue weighted by Gasteiger charge is 2.42. The lowest BCUT2D eigenvalue weighted by atomic mass is 9.88. The molecule has 2 heterocycles. The fourth-order valence-electron chi connectivity index (χ4n) is 3.62. The van der Waals surface area contributed by atoms with Gasteiger partial charge in [0.1, 0.15) is 0 Å². The van der Waals surface area contributed by atoms with E-state index >= 15 is 0 Å². The Balaban J connectivity index is 1.67. The Labute approximate surface area is 165 Å². The summed E-state index contributed by atoms with van der Waals surface area (Å²) < 4.78 is 5.64. The number of piperidine rings is 1. The van der Waals surface area contributed by atoms with Crippen molar-refractivity contribution in [3.8, 4) is 0 Å². The summed E-state index contributed by atoms with van der Waals surface area (Å²) in [5.74, 6) is -0.250. The monoisotopic (exact) mass is 387 g/mol. The van der Waals surface area contributed by atoms with Gasteiger partial charge in [-0.25, -0.2) is 4.79 Å². The first-order valence-electron chi connectivity index (χ1n) is 9.54. The zero-order valence-electron chi connectivity index (χ0n) is 16.4. The molecule has 27 heavy (non-hydrogen) atoms. The van der Waals surface area contributed by atoms with Gasteiger partial charge in [-0.2, -0.15) is 11.3 Å². The smallest absolute Gasteiger partial charge is 0.347 e. The molecule has 0 amide bonds. The number of likely N-dealkylation sites (tertiary alicyclic amines) is 1. The summed E-state index contributed by atoms with van der Waals surface area (Å²) in [5, 5.41) is 15.0. The van der Waals surface area contributed by atoms with E-state index in [4.69, 9.17) is 4.74 Å². The molecule has 1 atom stereocenters. The summed E-state index contributed by atoms with van der Waals surface area (Å²) in [6.45, 7) is 9.07. The summed E-state index contributed by atoms with van der Waals surface area (Å²) in [4.78, 5) is 15.4. The third kappa shape index (κ3) is 4.42. The number of hydrogen-bond acceptors (Lipinski definition) is 5. The Bertz CT molecular complexity index is 731. The first-order valence-corrected chi connectivity index (χ1v) is 10.5. The number of rotatable bonds is 5. The van der Waals surface area contributed by atoms with Crippen LogP contribution in [0, 0.1) is 5.92 Å². The van der Waals surface area contributed by atoms with Crippen LogP contribution in [0.15, 0.2) is 47.2 Å². The van der Waals surface area contributed by atoms with Gasteiger partial charge in [-0.15, -0.1) is 0 Å². The number of hydrogen-bond donors (Lipinski definition) is 1. The topological polar surface area (TPSA) is 49.8 Å². The van der Waals surface area contributed by atoms with E-state index in [-0.39, 0.29) is 5.54 Å². The third-order valence-corrected chi connectivity index (χ3v) is 6.12. The van der Waals surface area contributed by atoms with Gasteiger partial charge in [0.15, 0.2) is 0 Å². The molecule has 0 spiro atoms. The summed E-state index contributed by atoms with van der Waals surface area (Å²) in [6.07, 6.45) is 2.01. The number of carbonyl (C=O) groups is 1. The molecule has 4 nitrogen and oxygen atoms in total. The largest absolute Gasteiger partial charge is 0.463 e. The quantitative estimate of drug-likeness (QED) is 0.787. The Morgan fingerprint density at radius 2 is 1.81 bits per heavy atom. The molecule has 1 fully saturated rings. The normalized spacial score (nSPS) is 18.8. The van der Waals surface area contributed by atoms with Crippen LogP contribution < -0.4 is 0 Å². The van der Waals surface area contributed by atoms with E-state index in [0.717, 1.165) is 25.9 Å². The molecule has 1 aliphatic rings. The second-order valence-electron chi connectivity index (χ2n) is 8.29. The zero-order chi connectivity index (χ0) is 19.5. The van der Waals surface area contributed by atoms with E-state index in [1.165, 1.54) is 11.3 Å².